The van der Waals surface area contributed by atoms with Crippen LogP contribution in [0.4, 0.5) is 0 Å². The Bertz CT molecular complexity index is 420. The number of aliphatic hydroxyl groups is 1. The second kappa shape index (κ2) is 10.4. The van der Waals surface area contributed by atoms with Crippen molar-refractivity contribution in [2.75, 3.05) is 19.8 Å². The number of hydrogen-bond acceptors (Lipinski definition) is 3. The number of hydrogen-bond donors (Lipinski definition) is 1. The summed E-state index contributed by atoms with van der Waals surface area (Å²) >= 11 is 6.36. The number of ether oxygens (including phenoxy) is 2. The molecule has 0 aromatic heterocycles. The first-order valence-electron chi connectivity index (χ1n) is 8.90. The minimum atomic E-state index is -0.526. The highest BCUT2D eigenvalue weighted by molar-refractivity contribution is 6.21. The van der Waals surface area contributed by atoms with E-state index in [0.717, 1.165) is 25.9 Å². The van der Waals surface area contributed by atoms with E-state index in [0.29, 0.717) is 19.1 Å². The second-order valence-electron chi connectivity index (χ2n) is 6.43. The molecule has 2 aliphatic rings. The lowest BCUT2D eigenvalue weighted by atomic mass is 9.85. The summed E-state index contributed by atoms with van der Waals surface area (Å²) < 4.78 is 11.0. The third-order valence-corrected chi connectivity index (χ3v) is 5.20. The summed E-state index contributed by atoms with van der Waals surface area (Å²) in [7, 11) is 0. The van der Waals surface area contributed by atoms with Gasteiger partial charge in [-0.2, -0.15) is 0 Å². The van der Waals surface area contributed by atoms with Crippen LogP contribution >= 0.6 is 11.6 Å². The van der Waals surface area contributed by atoms with Crippen molar-refractivity contribution in [1.82, 2.24) is 0 Å². The van der Waals surface area contributed by atoms with Gasteiger partial charge in [-0.3, -0.25) is 0 Å². The number of alkyl halides is 1. The van der Waals surface area contributed by atoms with Crippen LogP contribution in [0, 0.1) is 23.7 Å². The molecule has 3 nitrogen and oxygen atoms in total. The quantitative estimate of drug-likeness (QED) is 0.348. The maximum atomic E-state index is 10.3. The van der Waals surface area contributed by atoms with Crippen LogP contribution in [0.3, 0.4) is 0 Å². The first-order chi connectivity index (χ1) is 11.2. The van der Waals surface area contributed by atoms with Crippen molar-refractivity contribution in [2.45, 2.75) is 63.0 Å². The van der Waals surface area contributed by atoms with Crippen molar-refractivity contribution in [3.05, 3.63) is 12.2 Å². The minimum Gasteiger partial charge on any atom is -0.380 e. The van der Waals surface area contributed by atoms with Gasteiger partial charge in [0, 0.05) is 12.5 Å². The summed E-state index contributed by atoms with van der Waals surface area (Å²) in [6.45, 7) is 3.87. The predicted molar refractivity (Wildman–Crippen MR) is 93.5 cm³/mol. The van der Waals surface area contributed by atoms with E-state index in [1.54, 1.807) is 0 Å². The number of halogens is 1. The number of aliphatic hydroxyl groups excluding tert-OH is 1. The molecule has 4 heteroatoms. The molecule has 23 heavy (non-hydrogen) atoms. The monoisotopic (exact) mass is 340 g/mol. The Kier molecular flexibility index (Phi) is 8.47. The van der Waals surface area contributed by atoms with Crippen LogP contribution in [-0.2, 0) is 9.47 Å². The van der Waals surface area contributed by atoms with Crippen molar-refractivity contribution in [2.24, 2.45) is 11.8 Å². The third kappa shape index (κ3) is 6.12. The van der Waals surface area contributed by atoms with Crippen molar-refractivity contribution >= 4 is 11.6 Å². The van der Waals surface area contributed by atoms with Gasteiger partial charge in [-0.05, 0) is 32.1 Å². The van der Waals surface area contributed by atoms with Crippen LogP contribution in [0.5, 0.6) is 0 Å². The van der Waals surface area contributed by atoms with E-state index in [-0.39, 0.29) is 17.4 Å². The zero-order chi connectivity index (χ0) is 16.5. The van der Waals surface area contributed by atoms with E-state index in [1.807, 2.05) is 13.0 Å². The summed E-state index contributed by atoms with van der Waals surface area (Å²) in [5.41, 5.74) is 0. The Morgan fingerprint density at radius 1 is 1.30 bits per heavy atom. The van der Waals surface area contributed by atoms with Crippen molar-refractivity contribution < 1.29 is 14.6 Å². The largest absolute Gasteiger partial charge is 0.380 e. The zero-order valence-electron chi connectivity index (χ0n) is 14.0. The molecule has 1 saturated heterocycles. The van der Waals surface area contributed by atoms with Gasteiger partial charge < -0.3 is 14.6 Å². The fraction of sp³-hybridized carbons (Fsp3) is 0.789. The molecule has 0 aromatic rings. The molecule has 1 aliphatic carbocycles. The minimum absolute atomic E-state index is 0.0159. The molecule has 0 amide bonds. The average molecular weight is 341 g/mol. The first-order valence-corrected chi connectivity index (χ1v) is 9.33. The van der Waals surface area contributed by atoms with Crippen LogP contribution < -0.4 is 0 Å². The molecule has 2 fully saturated rings. The van der Waals surface area contributed by atoms with Gasteiger partial charge >= 0.3 is 0 Å². The standard InChI is InChI=1S/C19H29ClO3/c1-2-22-13-7-6-10-16-17(20)14-23-19(16)12-11-18(21)15-8-4-3-5-9-15/h6-7,15-19,21H,2-5,8-10,13-14H2,1H3/b7-6-/t16-,17+,18+,19+/m0/s1. The van der Waals surface area contributed by atoms with Crippen molar-refractivity contribution in [3.63, 3.8) is 0 Å². The number of rotatable bonds is 6. The molecule has 1 aliphatic heterocycles. The highest BCUT2D eigenvalue weighted by Crippen LogP contribution is 2.30. The second-order valence-corrected chi connectivity index (χ2v) is 6.99. The highest BCUT2D eigenvalue weighted by atomic mass is 35.5. The van der Waals surface area contributed by atoms with Gasteiger partial charge in [-0.25, -0.2) is 0 Å². The van der Waals surface area contributed by atoms with Gasteiger partial charge in [0.1, 0.15) is 12.2 Å². The topological polar surface area (TPSA) is 38.7 Å². The van der Waals surface area contributed by atoms with Crippen LogP contribution in [-0.4, -0.2) is 42.5 Å². The van der Waals surface area contributed by atoms with Gasteiger partial charge in [0.2, 0.25) is 0 Å². The molecule has 1 heterocycles. The molecule has 4 atom stereocenters. The molecule has 1 saturated carbocycles. The molecule has 130 valence electrons. The summed E-state index contributed by atoms with van der Waals surface area (Å²) in [5, 5.41) is 10.3. The summed E-state index contributed by atoms with van der Waals surface area (Å²) in [6, 6.07) is 0. The molecular weight excluding hydrogens is 312 g/mol. The molecule has 2 rings (SSSR count). The third-order valence-electron chi connectivity index (χ3n) is 4.75. The summed E-state index contributed by atoms with van der Waals surface area (Å²) in [4.78, 5) is 0. The lowest BCUT2D eigenvalue weighted by Gasteiger charge is -2.23. The molecule has 0 unspecified atom stereocenters. The Hall–Kier alpha value is -0.530. The Morgan fingerprint density at radius 3 is 2.83 bits per heavy atom. The Balaban J connectivity index is 1.85. The maximum absolute atomic E-state index is 10.3. The fourth-order valence-electron chi connectivity index (χ4n) is 3.29. The van der Waals surface area contributed by atoms with E-state index in [1.165, 1.54) is 19.3 Å². The van der Waals surface area contributed by atoms with E-state index >= 15 is 0 Å². The first kappa shape index (κ1) is 18.8. The number of allylic oxidation sites excluding steroid dienone is 1. The van der Waals surface area contributed by atoms with Crippen molar-refractivity contribution in [3.8, 4) is 11.8 Å². The molecule has 0 bridgehead atoms. The molecular formula is C19H29ClO3. The Morgan fingerprint density at radius 2 is 2.09 bits per heavy atom. The molecule has 0 spiro atoms. The van der Waals surface area contributed by atoms with E-state index < -0.39 is 6.10 Å². The smallest absolute Gasteiger partial charge is 0.122 e. The lowest BCUT2D eigenvalue weighted by Crippen LogP contribution is -2.23. The van der Waals surface area contributed by atoms with Gasteiger partial charge in [-0.1, -0.05) is 43.3 Å². The lowest BCUT2D eigenvalue weighted by molar-refractivity contribution is 0.126. The molecule has 0 radical (unpaired) electrons. The maximum Gasteiger partial charge on any atom is 0.122 e. The molecule has 1 N–H and O–H groups in total. The van der Waals surface area contributed by atoms with Crippen LogP contribution in [0.2, 0.25) is 0 Å². The molecule has 0 aromatic carbocycles. The SMILES string of the molecule is CCOC/C=C\C[C@H]1[C@H](Cl)CO[C@@H]1C#C[C@@H](O)C1CCCCC1. The predicted octanol–water partition coefficient (Wildman–Crippen LogP) is 3.54. The van der Waals surface area contributed by atoms with E-state index in [9.17, 15) is 5.11 Å². The van der Waals surface area contributed by atoms with Gasteiger partial charge in [-0.15, -0.1) is 11.6 Å². The van der Waals surface area contributed by atoms with Crippen LogP contribution in [0.1, 0.15) is 45.4 Å². The van der Waals surface area contributed by atoms with Gasteiger partial charge in [0.25, 0.3) is 0 Å². The van der Waals surface area contributed by atoms with Crippen molar-refractivity contribution in [1.29, 1.82) is 0 Å². The highest BCUT2D eigenvalue weighted by Gasteiger charge is 2.34. The van der Waals surface area contributed by atoms with E-state index in [2.05, 4.69) is 17.9 Å². The average Bonchev–Trinajstić information content (AvgIpc) is 2.93. The van der Waals surface area contributed by atoms with Gasteiger partial charge in [0.05, 0.1) is 18.6 Å². The zero-order valence-corrected chi connectivity index (χ0v) is 14.8. The Labute approximate surface area is 145 Å². The van der Waals surface area contributed by atoms with Gasteiger partial charge in [0.15, 0.2) is 0 Å². The van der Waals surface area contributed by atoms with Crippen LogP contribution in [0.25, 0.3) is 0 Å². The van der Waals surface area contributed by atoms with E-state index in [4.69, 9.17) is 21.1 Å². The van der Waals surface area contributed by atoms with Crippen LogP contribution in [0.15, 0.2) is 12.2 Å². The summed E-state index contributed by atoms with van der Waals surface area (Å²) in [6.07, 6.45) is 10.1. The fourth-order valence-corrected chi connectivity index (χ4v) is 3.60. The normalized spacial score (nSPS) is 30.3. The summed E-state index contributed by atoms with van der Waals surface area (Å²) in [5.74, 6) is 6.68.